The zero-order valence-corrected chi connectivity index (χ0v) is 9.80. The third-order valence-electron chi connectivity index (χ3n) is 2.86. The molecule has 0 radical (unpaired) electrons. The highest BCUT2D eigenvalue weighted by molar-refractivity contribution is 6.30. The van der Waals surface area contributed by atoms with Crippen molar-refractivity contribution >= 4 is 11.6 Å². The van der Waals surface area contributed by atoms with Gasteiger partial charge in [0, 0.05) is 23.7 Å². The van der Waals surface area contributed by atoms with E-state index in [0.29, 0.717) is 22.5 Å². The van der Waals surface area contributed by atoms with Crippen LogP contribution >= 0.6 is 11.6 Å². The zero-order valence-electron chi connectivity index (χ0n) is 9.04. The first-order valence-electron chi connectivity index (χ1n) is 5.45. The molecule has 0 unspecified atom stereocenters. The van der Waals surface area contributed by atoms with E-state index in [1.54, 1.807) is 16.9 Å². The predicted molar refractivity (Wildman–Crippen MR) is 62.1 cm³/mol. The second-order valence-electron chi connectivity index (χ2n) is 4.07. The van der Waals surface area contributed by atoms with E-state index in [0.717, 1.165) is 18.5 Å². The molecule has 1 aliphatic rings. The summed E-state index contributed by atoms with van der Waals surface area (Å²) in [6.07, 6.45) is 5.31. The predicted octanol–water partition coefficient (Wildman–Crippen LogP) is 1.69. The van der Waals surface area contributed by atoms with Gasteiger partial charge in [-0.25, -0.2) is 14.6 Å². The van der Waals surface area contributed by atoms with Crippen LogP contribution in [0.2, 0.25) is 5.15 Å². The van der Waals surface area contributed by atoms with Gasteiger partial charge in [0.05, 0.1) is 12.3 Å². The fourth-order valence-electron chi connectivity index (χ4n) is 1.84. The molecule has 2 heterocycles. The second kappa shape index (κ2) is 4.09. The van der Waals surface area contributed by atoms with Crippen LogP contribution in [-0.4, -0.2) is 24.9 Å². The van der Waals surface area contributed by atoms with Crippen LogP contribution in [0.25, 0.3) is 5.82 Å². The molecular formula is C11H11ClN4O. The first-order chi connectivity index (χ1) is 8.31. The van der Waals surface area contributed by atoms with Crippen molar-refractivity contribution < 1.29 is 5.11 Å². The van der Waals surface area contributed by atoms with E-state index >= 15 is 0 Å². The fourth-order valence-corrected chi connectivity index (χ4v) is 2.12. The van der Waals surface area contributed by atoms with Crippen LogP contribution in [-0.2, 0) is 6.61 Å². The molecule has 17 heavy (non-hydrogen) atoms. The summed E-state index contributed by atoms with van der Waals surface area (Å²) in [5, 5.41) is 14.3. The van der Waals surface area contributed by atoms with Crippen molar-refractivity contribution in [3.05, 3.63) is 35.0 Å². The maximum Gasteiger partial charge on any atom is 0.158 e. The van der Waals surface area contributed by atoms with Crippen LogP contribution in [0.4, 0.5) is 0 Å². The Morgan fingerprint density at radius 2 is 2.29 bits per heavy atom. The lowest BCUT2D eigenvalue weighted by molar-refractivity contribution is 0.280. The monoisotopic (exact) mass is 250 g/mol. The summed E-state index contributed by atoms with van der Waals surface area (Å²) in [4.78, 5) is 7.95. The highest BCUT2D eigenvalue weighted by Crippen LogP contribution is 2.42. The molecule has 0 aromatic carbocycles. The molecule has 5 nitrogen and oxygen atoms in total. The first kappa shape index (κ1) is 10.7. The SMILES string of the molecule is OCc1c(C2CC2)nn(-c2ccncn2)c1Cl. The number of halogens is 1. The van der Waals surface area contributed by atoms with Crippen LogP contribution in [0.15, 0.2) is 18.6 Å². The number of aromatic nitrogens is 4. The molecule has 0 amide bonds. The number of rotatable bonds is 3. The van der Waals surface area contributed by atoms with Gasteiger partial charge in [-0.3, -0.25) is 0 Å². The Labute approximate surface area is 103 Å². The Morgan fingerprint density at radius 1 is 1.47 bits per heavy atom. The molecule has 0 saturated heterocycles. The molecule has 0 spiro atoms. The summed E-state index contributed by atoms with van der Waals surface area (Å²) in [6.45, 7) is -0.0875. The molecule has 6 heteroatoms. The van der Waals surface area contributed by atoms with E-state index in [1.165, 1.54) is 6.33 Å². The Bertz CT molecular complexity index is 536. The lowest BCUT2D eigenvalue weighted by Gasteiger charge is -2.00. The van der Waals surface area contributed by atoms with Gasteiger partial charge in [0.25, 0.3) is 0 Å². The number of nitrogens with zero attached hydrogens (tertiary/aromatic N) is 4. The number of hydrogen-bond donors (Lipinski definition) is 1. The largest absolute Gasteiger partial charge is 0.391 e. The van der Waals surface area contributed by atoms with E-state index in [2.05, 4.69) is 15.1 Å². The highest BCUT2D eigenvalue weighted by Gasteiger charge is 2.31. The van der Waals surface area contributed by atoms with Crippen LogP contribution in [0, 0.1) is 0 Å². The van der Waals surface area contributed by atoms with E-state index in [9.17, 15) is 5.11 Å². The van der Waals surface area contributed by atoms with Gasteiger partial charge < -0.3 is 5.11 Å². The van der Waals surface area contributed by atoms with Crippen molar-refractivity contribution in [2.75, 3.05) is 0 Å². The van der Waals surface area contributed by atoms with E-state index < -0.39 is 0 Å². The van der Waals surface area contributed by atoms with Gasteiger partial charge >= 0.3 is 0 Å². The van der Waals surface area contributed by atoms with Crippen LogP contribution < -0.4 is 0 Å². The van der Waals surface area contributed by atoms with Crippen molar-refractivity contribution in [1.29, 1.82) is 0 Å². The van der Waals surface area contributed by atoms with Crippen molar-refractivity contribution in [3.8, 4) is 5.82 Å². The molecule has 1 N–H and O–H groups in total. The Hall–Kier alpha value is -1.46. The zero-order chi connectivity index (χ0) is 11.8. The second-order valence-corrected chi connectivity index (χ2v) is 4.42. The third kappa shape index (κ3) is 1.81. The Kier molecular flexibility index (Phi) is 2.57. The molecule has 1 fully saturated rings. The summed E-state index contributed by atoms with van der Waals surface area (Å²) in [7, 11) is 0. The lowest BCUT2D eigenvalue weighted by atomic mass is 10.2. The van der Waals surface area contributed by atoms with E-state index in [1.807, 2.05) is 0 Å². The molecule has 1 aliphatic carbocycles. The van der Waals surface area contributed by atoms with Gasteiger partial charge in [-0.05, 0) is 12.8 Å². The van der Waals surface area contributed by atoms with E-state index in [4.69, 9.17) is 11.6 Å². The smallest absolute Gasteiger partial charge is 0.158 e. The summed E-state index contributed by atoms with van der Waals surface area (Å²) < 4.78 is 1.56. The third-order valence-corrected chi connectivity index (χ3v) is 3.25. The lowest BCUT2D eigenvalue weighted by Crippen LogP contribution is -2.00. The molecule has 0 aliphatic heterocycles. The topological polar surface area (TPSA) is 63.8 Å². The number of aliphatic hydroxyl groups excluding tert-OH is 1. The Balaban J connectivity index is 2.11. The minimum absolute atomic E-state index is 0.0875. The summed E-state index contributed by atoms with van der Waals surface area (Å²) in [6, 6.07) is 1.73. The molecule has 2 aromatic rings. The van der Waals surface area contributed by atoms with Crippen LogP contribution in [0.1, 0.15) is 30.0 Å². The summed E-state index contributed by atoms with van der Waals surface area (Å²) in [5.74, 6) is 1.06. The molecule has 88 valence electrons. The van der Waals surface area contributed by atoms with Gasteiger partial charge in [-0.1, -0.05) is 11.6 Å². The summed E-state index contributed by atoms with van der Waals surface area (Å²) >= 11 is 6.22. The van der Waals surface area contributed by atoms with Crippen molar-refractivity contribution in [2.24, 2.45) is 0 Å². The fraction of sp³-hybridized carbons (Fsp3) is 0.364. The molecule has 3 rings (SSSR count). The average Bonchev–Trinajstić information content (AvgIpc) is 3.15. The number of hydrogen-bond acceptors (Lipinski definition) is 4. The normalized spacial score (nSPS) is 15.2. The minimum Gasteiger partial charge on any atom is -0.391 e. The first-order valence-corrected chi connectivity index (χ1v) is 5.83. The van der Waals surface area contributed by atoms with E-state index in [-0.39, 0.29) is 6.61 Å². The van der Waals surface area contributed by atoms with Crippen LogP contribution in [0.5, 0.6) is 0 Å². The van der Waals surface area contributed by atoms with Gasteiger partial charge in [0.15, 0.2) is 5.82 Å². The minimum atomic E-state index is -0.0875. The van der Waals surface area contributed by atoms with Crippen molar-refractivity contribution in [1.82, 2.24) is 19.7 Å². The molecule has 0 atom stereocenters. The van der Waals surface area contributed by atoms with Gasteiger partial charge in [-0.2, -0.15) is 5.10 Å². The van der Waals surface area contributed by atoms with Crippen LogP contribution in [0.3, 0.4) is 0 Å². The van der Waals surface area contributed by atoms with Crippen molar-refractivity contribution in [2.45, 2.75) is 25.4 Å². The highest BCUT2D eigenvalue weighted by atomic mass is 35.5. The molecule has 1 saturated carbocycles. The van der Waals surface area contributed by atoms with Gasteiger partial charge in [-0.15, -0.1) is 0 Å². The average molecular weight is 251 g/mol. The van der Waals surface area contributed by atoms with Gasteiger partial charge in [0.2, 0.25) is 0 Å². The van der Waals surface area contributed by atoms with Gasteiger partial charge in [0.1, 0.15) is 11.5 Å². The standard InChI is InChI=1S/C11H11ClN4O/c12-11-8(5-17)10(7-1-2-7)15-16(11)9-3-4-13-6-14-9/h3-4,6-7,17H,1-2,5H2. The van der Waals surface area contributed by atoms with Crippen molar-refractivity contribution in [3.63, 3.8) is 0 Å². The quantitative estimate of drug-likeness (QED) is 0.900. The Morgan fingerprint density at radius 3 is 2.88 bits per heavy atom. The number of aliphatic hydroxyl groups is 1. The molecule has 2 aromatic heterocycles. The molecular weight excluding hydrogens is 240 g/mol. The maximum atomic E-state index is 9.37. The summed E-state index contributed by atoms with van der Waals surface area (Å²) in [5.41, 5.74) is 1.61. The molecule has 0 bridgehead atoms. The maximum absolute atomic E-state index is 9.37.